The van der Waals surface area contributed by atoms with Gasteiger partial charge in [-0.3, -0.25) is 4.98 Å². The molecule has 9 nitrogen and oxygen atoms in total. The van der Waals surface area contributed by atoms with Gasteiger partial charge in [-0.25, -0.2) is 19.2 Å². The zero-order valence-corrected chi connectivity index (χ0v) is 22.0. The highest BCUT2D eigenvalue weighted by Crippen LogP contribution is 2.49. The van der Waals surface area contributed by atoms with Gasteiger partial charge >= 0.3 is 0 Å². The number of ether oxygens (including phenoxy) is 2. The predicted molar refractivity (Wildman–Crippen MR) is 145 cm³/mol. The lowest BCUT2D eigenvalue weighted by atomic mass is 9.85. The Morgan fingerprint density at radius 1 is 0.974 bits per heavy atom. The molecule has 4 aromatic heterocycles. The number of pyridine rings is 1. The van der Waals surface area contributed by atoms with Crippen LogP contribution in [-0.4, -0.2) is 34.3 Å². The molecule has 1 aliphatic heterocycles. The van der Waals surface area contributed by atoms with Gasteiger partial charge in [-0.15, -0.1) is 5.10 Å². The number of nitrogens with zero attached hydrogens (tertiary/aromatic N) is 7. The molecule has 0 amide bonds. The molecule has 7 rings (SSSR count). The summed E-state index contributed by atoms with van der Waals surface area (Å²) >= 11 is 12.3. The Labute approximate surface area is 232 Å². The number of benzene rings is 2. The number of aromatic nitrogens is 7. The van der Waals surface area contributed by atoms with Gasteiger partial charge in [0.1, 0.15) is 18.7 Å². The van der Waals surface area contributed by atoms with Crippen molar-refractivity contribution in [2.45, 2.75) is 19.4 Å². The Bertz CT molecular complexity index is 1840. The summed E-state index contributed by atoms with van der Waals surface area (Å²) < 4.78 is 15.7. The van der Waals surface area contributed by atoms with Crippen molar-refractivity contribution < 1.29 is 9.47 Å². The van der Waals surface area contributed by atoms with Gasteiger partial charge in [-0.05, 0) is 61.0 Å². The summed E-state index contributed by atoms with van der Waals surface area (Å²) in [5.41, 5.74) is 4.82. The van der Waals surface area contributed by atoms with Crippen LogP contribution in [0.4, 0.5) is 0 Å². The van der Waals surface area contributed by atoms with Crippen LogP contribution in [0.5, 0.6) is 17.5 Å². The molecule has 2 aromatic carbocycles. The van der Waals surface area contributed by atoms with E-state index in [1.54, 1.807) is 46.0 Å². The molecule has 5 heterocycles. The SMILES string of the molecule is Cc1nn(-c2cccc(Cl)c2)c2c1C(c1cccnc1)c1c(ncn3nc(COc4ccc(Cl)cc4)nc13)O2. The van der Waals surface area contributed by atoms with Crippen LogP contribution in [0.15, 0.2) is 79.4 Å². The lowest BCUT2D eigenvalue weighted by Gasteiger charge is -2.26. The van der Waals surface area contributed by atoms with Crippen LogP contribution in [0, 0.1) is 6.92 Å². The summed E-state index contributed by atoms with van der Waals surface area (Å²) in [7, 11) is 0. The number of hydrogen-bond acceptors (Lipinski definition) is 7. The third-order valence-corrected chi connectivity index (χ3v) is 7.00. The van der Waals surface area contributed by atoms with E-state index in [4.69, 9.17) is 42.8 Å². The molecule has 1 aliphatic rings. The maximum atomic E-state index is 6.43. The average molecular weight is 556 g/mol. The molecule has 0 saturated carbocycles. The molecule has 11 heteroatoms. The lowest BCUT2D eigenvalue weighted by molar-refractivity contribution is 0.296. The third-order valence-electron chi connectivity index (χ3n) is 6.52. The molecule has 0 bridgehead atoms. The van der Waals surface area contributed by atoms with E-state index in [0.29, 0.717) is 39.0 Å². The quantitative estimate of drug-likeness (QED) is 0.250. The topological polar surface area (TPSA) is 92.3 Å². The smallest absolute Gasteiger partial charge is 0.230 e. The Kier molecular flexibility index (Phi) is 5.68. The summed E-state index contributed by atoms with van der Waals surface area (Å²) in [6, 6.07) is 18.5. The molecule has 6 aromatic rings. The van der Waals surface area contributed by atoms with E-state index < -0.39 is 0 Å². The van der Waals surface area contributed by atoms with Crippen molar-refractivity contribution >= 4 is 28.8 Å². The Morgan fingerprint density at radius 2 is 1.85 bits per heavy atom. The minimum atomic E-state index is -0.296. The van der Waals surface area contributed by atoms with E-state index in [2.05, 4.69) is 15.1 Å². The highest BCUT2D eigenvalue weighted by Gasteiger charge is 2.38. The van der Waals surface area contributed by atoms with Crippen molar-refractivity contribution in [3.05, 3.63) is 118 Å². The summed E-state index contributed by atoms with van der Waals surface area (Å²) in [4.78, 5) is 13.8. The first-order valence-electron chi connectivity index (χ1n) is 12.1. The van der Waals surface area contributed by atoms with Gasteiger partial charge in [0.2, 0.25) is 11.8 Å². The second-order valence-corrected chi connectivity index (χ2v) is 9.89. The summed E-state index contributed by atoms with van der Waals surface area (Å²) in [6.45, 7) is 2.13. The van der Waals surface area contributed by atoms with Crippen LogP contribution in [0.3, 0.4) is 0 Å². The zero-order chi connectivity index (χ0) is 26.5. The predicted octanol–water partition coefficient (Wildman–Crippen LogP) is 6.19. The molecule has 39 heavy (non-hydrogen) atoms. The van der Waals surface area contributed by atoms with Crippen molar-refractivity contribution in [1.82, 2.24) is 34.3 Å². The second kappa shape index (κ2) is 9.37. The standard InChI is InChI=1S/C28H19Cl2N7O2/c1-16-23-24(17-4-3-11-31-13-17)25-26-33-22(14-38-21-9-7-18(29)8-10-21)35-36(26)15-32-27(25)39-28(23)37(34-16)20-6-2-5-19(30)12-20/h2-13,15,24H,14H2,1H3. The molecular formula is C28H19Cl2N7O2. The first-order valence-corrected chi connectivity index (χ1v) is 12.9. The van der Waals surface area contributed by atoms with Gasteiger partial charge in [0.15, 0.2) is 11.5 Å². The van der Waals surface area contributed by atoms with E-state index in [1.807, 2.05) is 49.5 Å². The van der Waals surface area contributed by atoms with Gasteiger partial charge in [-0.1, -0.05) is 35.3 Å². The normalized spacial score (nSPS) is 14.1. The van der Waals surface area contributed by atoms with Gasteiger partial charge < -0.3 is 9.47 Å². The van der Waals surface area contributed by atoms with E-state index >= 15 is 0 Å². The fourth-order valence-corrected chi connectivity index (χ4v) is 5.14. The van der Waals surface area contributed by atoms with Crippen molar-refractivity contribution in [2.75, 3.05) is 0 Å². The van der Waals surface area contributed by atoms with Crippen LogP contribution >= 0.6 is 23.2 Å². The van der Waals surface area contributed by atoms with Crippen LogP contribution in [-0.2, 0) is 6.61 Å². The second-order valence-electron chi connectivity index (χ2n) is 9.02. The number of hydrogen-bond donors (Lipinski definition) is 0. The summed E-state index contributed by atoms with van der Waals surface area (Å²) in [5, 5.41) is 10.7. The highest BCUT2D eigenvalue weighted by atomic mass is 35.5. The Balaban J connectivity index is 1.36. The van der Waals surface area contributed by atoms with Gasteiger partial charge in [0.05, 0.1) is 28.4 Å². The van der Waals surface area contributed by atoms with E-state index in [1.165, 1.54) is 0 Å². The van der Waals surface area contributed by atoms with E-state index in [9.17, 15) is 0 Å². The minimum Gasteiger partial charge on any atom is -0.486 e. The summed E-state index contributed by atoms with van der Waals surface area (Å²) in [5.74, 6) is 1.87. The van der Waals surface area contributed by atoms with Crippen LogP contribution < -0.4 is 9.47 Å². The fraction of sp³-hybridized carbons (Fsp3) is 0.107. The average Bonchev–Trinajstić information content (AvgIpc) is 3.52. The third kappa shape index (κ3) is 4.16. The number of rotatable bonds is 5. The largest absolute Gasteiger partial charge is 0.486 e. The minimum absolute atomic E-state index is 0.174. The van der Waals surface area contributed by atoms with Gasteiger partial charge in [-0.2, -0.15) is 5.10 Å². The monoisotopic (exact) mass is 555 g/mol. The molecule has 0 aliphatic carbocycles. The molecule has 0 fully saturated rings. The zero-order valence-electron chi connectivity index (χ0n) is 20.5. The van der Waals surface area contributed by atoms with E-state index in [0.717, 1.165) is 28.1 Å². The van der Waals surface area contributed by atoms with Crippen molar-refractivity contribution in [2.24, 2.45) is 0 Å². The molecule has 0 saturated heterocycles. The first kappa shape index (κ1) is 23.6. The number of fused-ring (bicyclic) bond motifs is 4. The molecule has 192 valence electrons. The lowest BCUT2D eigenvalue weighted by Crippen LogP contribution is -2.16. The summed E-state index contributed by atoms with van der Waals surface area (Å²) in [6.07, 6.45) is 5.17. The first-order chi connectivity index (χ1) is 19.0. The van der Waals surface area contributed by atoms with Crippen LogP contribution in [0.25, 0.3) is 11.3 Å². The molecule has 1 unspecified atom stereocenters. The highest BCUT2D eigenvalue weighted by molar-refractivity contribution is 6.31. The van der Waals surface area contributed by atoms with Crippen molar-refractivity contribution in [3.8, 4) is 23.2 Å². The Morgan fingerprint density at radius 3 is 2.64 bits per heavy atom. The van der Waals surface area contributed by atoms with Crippen LogP contribution in [0.1, 0.15) is 34.1 Å². The van der Waals surface area contributed by atoms with E-state index in [-0.39, 0.29) is 12.5 Å². The molecule has 0 spiro atoms. The molecular weight excluding hydrogens is 537 g/mol. The van der Waals surface area contributed by atoms with Crippen molar-refractivity contribution in [3.63, 3.8) is 0 Å². The maximum Gasteiger partial charge on any atom is 0.230 e. The number of aryl methyl sites for hydroxylation is 1. The Hall–Kier alpha value is -4.47. The van der Waals surface area contributed by atoms with Gasteiger partial charge in [0.25, 0.3) is 0 Å². The van der Waals surface area contributed by atoms with Gasteiger partial charge in [0, 0.05) is 22.4 Å². The maximum absolute atomic E-state index is 6.43. The van der Waals surface area contributed by atoms with Crippen molar-refractivity contribution in [1.29, 1.82) is 0 Å². The molecule has 0 radical (unpaired) electrons. The molecule has 1 atom stereocenters. The fourth-order valence-electron chi connectivity index (χ4n) is 4.83. The molecule has 0 N–H and O–H groups in total. The number of halogens is 2. The van der Waals surface area contributed by atoms with Crippen LogP contribution in [0.2, 0.25) is 10.0 Å².